The zero-order valence-corrected chi connectivity index (χ0v) is 17.2. The molecule has 0 amide bonds. The second-order valence-corrected chi connectivity index (χ2v) is 6.86. The fraction of sp³-hybridized carbons (Fsp3) is 0.318. The van der Waals surface area contributed by atoms with Crippen LogP contribution < -0.4 is 10.1 Å². The molecule has 144 valence electrons. The summed E-state index contributed by atoms with van der Waals surface area (Å²) in [7, 11) is 1.64. The van der Waals surface area contributed by atoms with Gasteiger partial charge in [-0.15, -0.1) is 0 Å². The minimum atomic E-state index is -0.478. The van der Waals surface area contributed by atoms with Gasteiger partial charge >= 0.3 is 5.97 Å². The van der Waals surface area contributed by atoms with Gasteiger partial charge in [0.25, 0.3) is 0 Å². The van der Waals surface area contributed by atoms with Gasteiger partial charge in [-0.3, -0.25) is 0 Å². The fourth-order valence-corrected chi connectivity index (χ4v) is 2.98. The Morgan fingerprint density at radius 1 is 1.19 bits per heavy atom. The third-order valence-corrected chi connectivity index (χ3v) is 4.97. The molecule has 0 saturated carbocycles. The van der Waals surface area contributed by atoms with Crippen molar-refractivity contribution in [2.45, 2.75) is 33.7 Å². The standard InChI is InChI=1S/C22H26ClNO3/c1-7-27-22(25)16(5)21(17-9-8-13(2)19(23)11-17)24-18-10-14(3)15(4)20(12-18)26-6/h8-12,21,24H,5,7H2,1-4,6H3/t21-/m1/s1. The van der Waals surface area contributed by atoms with Crippen molar-refractivity contribution in [3.05, 3.63) is 69.8 Å². The number of ether oxygens (including phenoxy) is 2. The summed E-state index contributed by atoms with van der Waals surface area (Å²) in [5.74, 6) is 0.336. The lowest BCUT2D eigenvalue weighted by atomic mass is 9.97. The Bertz CT molecular complexity index is 861. The first-order valence-corrected chi connectivity index (χ1v) is 9.20. The van der Waals surface area contributed by atoms with E-state index in [2.05, 4.69) is 11.9 Å². The number of halogens is 1. The van der Waals surface area contributed by atoms with Crippen LogP contribution in [0.15, 0.2) is 42.5 Å². The molecule has 1 atom stereocenters. The van der Waals surface area contributed by atoms with E-state index in [0.717, 1.165) is 33.7 Å². The third kappa shape index (κ3) is 4.83. The summed E-state index contributed by atoms with van der Waals surface area (Å²) in [5, 5.41) is 4.02. The maximum Gasteiger partial charge on any atom is 0.335 e. The number of carbonyl (C=O) groups is 1. The van der Waals surface area contributed by atoms with Gasteiger partial charge in [0.15, 0.2) is 0 Å². The van der Waals surface area contributed by atoms with Gasteiger partial charge in [0.1, 0.15) is 5.75 Å². The van der Waals surface area contributed by atoms with Gasteiger partial charge in [-0.1, -0.05) is 30.3 Å². The Morgan fingerprint density at radius 3 is 2.48 bits per heavy atom. The first-order chi connectivity index (χ1) is 12.8. The second-order valence-electron chi connectivity index (χ2n) is 6.45. The largest absolute Gasteiger partial charge is 0.496 e. The van der Waals surface area contributed by atoms with Gasteiger partial charge in [-0.2, -0.15) is 0 Å². The molecule has 0 bridgehead atoms. The number of rotatable bonds is 7. The Labute approximate surface area is 166 Å². The molecule has 2 aromatic rings. The molecule has 0 aliphatic carbocycles. The van der Waals surface area contributed by atoms with Gasteiger partial charge in [-0.05, 0) is 62.1 Å². The van der Waals surface area contributed by atoms with Gasteiger partial charge in [0, 0.05) is 16.8 Å². The van der Waals surface area contributed by atoms with E-state index in [1.54, 1.807) is 14.0 Å². The van der Waals surface area contributed by atoms with Crippen LogP contribution in [0.1, 0.15) is 35.2 Å². The van der Waals surface area contributed by atoms with E-state index >= 15 is 0 Å². The molecule has 0 saturated heterocycles. The molecular formula is C22H26ClNO3. The molecule has 0 spiro atoms. The quantitative estimate of drug-likeness (QED) is 0.500. The lowest BCUT2D eigenvalue weighted by Gasteiger charge is -2.23. The summed E-state index contributed by atoms with van der Waals surface area (Å²) in [6, 6.07) is 9.14. The van der Waals surface area contributed by atoms with E-state index in [0.29, 0.717) is 10.6 Å². The molecule has 0 heterocycles. The molecule has 1 N–H and O–H groups in total. The number of anilines is 1. The van der Waals surface area contributed by atoms with Gasteiger partial charge in [0.2, 0.25) is 0 Å². The van der Waals surface area contributed by atoms with Crippen molar-refractivity contribution in [3.8, 4) is 5.75 Å². The number of methoxy groups -OCH3 is 1. The Kier molecular flexibility index (Phi) is 6.92. The lowest BCUT2D eigenvalue weighted by molar-refractivity contribution is -0.138. The smallest absolute Gasteiger partial charge is 0.335 e. The zero-order chi connectivity index (χ0) is 20.1. The molecule has 27 heavy (non-hydrogen) atoms. The van der Waals surface area contributed by atoms with Crippen molar-refractivity contribution in [1.29, 1.82) is 0 Å². The zero-order valence-electron chi connectivity index (χ0n) is 16.5. The summed E-state index contributed by atoms with van der Waals surface area (Å²) in [4.78, 5) is 12.3. The molecule has 0 aliphatic rings. The highest BCUT2D eigenvalue weighted by atomic mass is 35.5. The van der Waals surface area contributed by atoms with Crippen LogP contribution >= 0.6 is 11.6 Å². The number of hydrogen-bond donors (Lipinski definition) is 1. The molecular weight excluding hydrogens is 362 g/mol. The number of carbonyl (C=O) groups excluding carboxylic acids is 1. The first-order valence-electron chi connectivity index (χ1n) is 8.82. The molecule has 0 unspecified atom stereocenters. The van der Waals surface area contributed by atoms with Crippen molar-refractivity contribution in [2.24, 2.45) is 0 Å². The van der Waals surface area contributed by atoms with Gasteiger partial charge in [-0.25, -0.2) is 4.79 Å². The minimum absolute atomic E-state index is 0.288. The van der Waals surface area contributed by atoms with E-state index in [9.17, 15) is 4.79 Å². The van der Waals surface area contributed by atoms with E-state index < -0.39 is 12.0 Å². The Morgan fingerprint density at radius 2 is 1.89 bits per heavy atom. The molecule has 2 aromatic carbocycles. The summed E-state index contributed by atoms with van der Waals surface area (Å²) in [5.41, 5.74) is 5.09. The van der Waals surface area contributed by atoms with E-state index in [-0.39, 0.29) is 6.61 Å². The van der Waals surface area contributed by atoms with E-state index in [1.807, 2.05) is 51.1 Å². The molecule has 5 heteroatoms. The summed E-state index contributed by atoms with van der Waals surface area (Å²) < 4.78 is 10.6. The minimum Gasteiger partial charge on any atom is -0.496 e. The van der Waals surface area contributed by atoms with Crippen molar-refractivity contribution in [2.75, 3.05) is 19.0 Å². The van der Waals surface area contributed by atoms with Crippen molar-refractivity contribution in [3.63, 3.8) is 0 Å². The van der Waals surface area contributed by atoms with Crippen LogP contribution in [0.25, 0.3) is 0 Å². The molecule has 2 rings (SSSR count). The number of aryl methyl sites for hydroxylation is 2. The average Bonchev–Trinajstić information content (AvgIpc) is 2.64. The number of hydrogen-bond acceptors (Lipinski definition) is 4. The third-order valence-electron chi connectivity index (χ3n) is 4.57. The highest BCUT2D eigenvalue weighted by Gasteiger charge is 2.23. The molecule has 0 radical (unpaired) electrons. The van der Waals surface area contributed by atoms with Gasteiger partial charge in [0.05, 0.1) is 25.3 Å². The highest BCUT2D eigenvalue weighted by Crippen LogP contribution is 2.32. The SMILES string of the molecule is C=C(C(=O)OCC)[C@@H](Nc1cc(C)c(C)c(OC)c1)c1ccc(C)c(Cl)c1. The molecule has 0 aliphatic heterocycles. The normalized spacial score (nSPS) is 11.6. The Balaban J connectivity index is 2.46. The predicted molar refractivity (Wildman–Crippen MR) is 111 cm³/mol. The summed E-state index contributed by atoms with van der Waals surface area (Å²) in [6.45, 7) is 12.0. The second kappa shape index (κ2) is 8.96. The highest BCUT2D eigenvalue weighted by molar-refractivity contribution is 6.31. The summed E-state index contributed by atoms with van der Waals surface area (Å²) >= 11 is 6.31. The lowest BCUT2D eigenvalue weighted by Crippen LogP contribution is -2.20. The fourth-order valence-electron chi connectivity index (χ4n) is 2.79. The van der Waals surface area contributed by atoms with Gasteiger partial charge < -0.3 is 14.8 Å². The van der Waals surface area contributed by atoms with Crippen LogP contribution in [0.2, 0.25) is 5.02 Å². The summed E-state index contributed by atoms with van der Waals surface area (Å²) in [6.07, 6.45) is 0. The van der Waals surface area contributed by atoms with Crippen molar-refractivity contribution >= 4 is 23.3 Å². The monoisotopic (exact) mass is 387 g/mol. The van der Waals surface area contributed by atoms with E-state index in [1.165, 1.54) is 0 Å². The van der Waals surface area contributed by atoms with Crippen molar-refractivity contribution < 1.29 is 14.3 Å². The average molecular weight is 388 g/mol. The van der Waals surface area contributed by atoms with Crippen LogP contribution in [0.3, 0.4) is 0 Å². The van der Waals surface area contributed by atoms with Crippen LogP contribution in [0, 0.1) is 20.8 Å². The molecule has 0 fully saturated rings. The topological polar surface area (TPSA) is 47.6 Å². The van der Waals surface area contributed by atoms with Crippen LogP contribution in [0.4, 0.5) is 5.69 Å². The predicted octanol–water partition coefficient (Wildman–Crippen LogP) is 5.55. The van der Waals surface area contributed by atoms with Crippen LogP contribution in [-0.4, -0.2) is 19.7 Å². The molecule has 0 aromatic heterocycles. The number of benzene rings is 2. The Hall–Kier alpha value is -2.46. The number of nitrogens with one attached hydrogen (secondary N) is 1. The van der Waals surface area contributed by atoms with Crippen molar-refractivity contribution in [1.82, 2.24) is 0 Å². The van der Waals surface area contributed by atoms with Crippen LogP contribution in [0.5, 0.6) is 5.75 Å². The number of esters is 1. The molecule has 4 nitrogen and oxygen atoms in total. The first kappa shape index (κ1) is 20.8. The van der Waals surface area contributed by atoms with Crippen LogP contribution in [-0.2, 0) is 9.53 Å². The van der Waals surface area contributed by atoms with E-state index in [4.69, 9.17) is 21.1 Å². The maximum absolute atomic E-state index is 12.3. The maximum atomic E-state index is 12.3.